The third kappa shape index (κ3) is 2.37. The minimum atomic E-state index is -0.694. The Morgan fingerprint density at radius 2 is 1.81 bits per heavy atom. The lowest BCUT2D eigenvalue weighted by Crippen LogP contribution is -2.55. The lowest BCUT2D eigenvalue weighted by Gasteiger charge is -2.39. The molecule has 1 aromatic carbocycles. The van der Waals surface area contributed by atoms with Gasteiger partial charge in [0.2, 0.25) is 0 Å². The molecule has 3 rings (SSSR count). The topological polar surface area (TPSA) is 61.4 Å². The second kappa shape index (κ2) is 5.06. The highest BCUT2D eigenvalue weighted by Crippen LogP contribution is 2.32. The summed E-state index contributed by atoms with van der Waals surface area (Å²) in [4.78, 5) is 25.6. The van der Waals surface area contributed by atoms with E-state index in [1.165, 1.54) is 11.3 Å². The zero-order valence-corrected chi connectivity index (χ0v) is 12.5. The fourth-order valence-corrected chi connectivity index (χ4v) is 3.27. The highest BCUT2D eigenvalue weighted by atomic mass is 16.2. The average Bonchev–Trinajstić information content (AvgIpc) is 2.74. The predicted octanol–water partition coefficient (Wildman–Crippen LogP) is 1.99. The van der Waals surface area contributed by atoms with Crippen LogP contribution >= 0.6 is 0 Å². The van der Waals surface area contributed by atoms with Crippen LogP contribution in [0.1, 0.15) is 38.2 Å². The first-order valence-corrected chi connectivity index (χ1v) is 7.49. The van der Waals surface area contributed by atoms with Crippen LogP contribution in [0.3, 0.4) is 0 Å². The molecule has 0 unspecified atom stereocenters. The van der Waals surface area contributed by atoms with Crippen LogP contribution in [0.25, 0.3) is 0 Å². The highest BCUT2D eigenvalue weighted by Gasteiger charge is 2.47. The standard InChI is InChI=1S/C16H21N3O2/c1-11(2)12-5-3-4-6-13(12)19-9-7-16(8-10-19)14(20)17-15(21)18-16/h3-6,11H,7-10H2,1-2H3,(H2,17,18,20,21). The van der Waals surface area contributed by atoms with Gasteiger partial charge in [-0.15, -0.1) is 0 Å². The third-order valence-electron chi connectivity index (χ3n) is 4.53. The van der Waals surface area contributed by atoms with E-state index in [9.17, 15) is 9.59 Å². The number of benzene rings is 1. The van der Waals surface area contributed by atoms with Crippen LogP contribution in [0, 0.1) is 0 Å². The predicted molar refractivity (Wildman–Crippen MR) is 81.4 cm³/mol. The van der Waals surface area contributed by atoms with Gasteiger partial charge in [0.15, 0.2) is 0 Å². The van der Waals surface area contributed by atoms with Crippen LogP contribution in [-0.2, 0) is 4.79 Å². The lowest BCUT2D eigenvalue weighted by atomic mass is 9.87. The molecule has 0 atom stereocenters. The normalized spacial score (nSPS) is 20.8. The zero-order valence-electron chi connectivity index (χ0n) is 12.5. The number of rotatable bonds is 2. The number of para-hydroxylation sites is 1. The molecule has 3 amide bonds. The van der Waals surface area contributed by atoms with Gasteiger partial charge in [0.05, 0.1) is 0 Å². The Morgan fingerprint density at radius 3 is 2.38 bits per heavy atom. The number of carbonyl (C=O) groups is 2. The van der Waals surface area contributed by atoms with E-state index in [2.05, 4.69) is 53.6 Å². The maximum atomic E-state index is 12.0. The molecule has 2 saturated heterocycles. The van der Waals surface area contributed by atoms with Gasteiger partial charge in [-0.05, 0) is 30.4 Å². The van der Waals surface area contributed by atoms with E-state index < -0.39 is 5.54 Å². The second-order valence-corrected chi connectivity index (χ2v) is 6.19. The van der Waals surface area contributed by atoms with Crippen LogP contribution in [0.2, 0.25) is 0 Å². The molecule has 0 bridgehead atoms. The minimum Gasteiger partial charge on any atom is -0.371 e. The van der Waals surface area contributed by atoms with E-state index in [0.29, 0.717) is 18.8 Å². The van der Waals surface area contributed by atoms with Crippen molar-refractivity contribution in [3.8, 4) is 0 Å². The van der Waals surface area contributed by atoms with Crippen molar-refractivity contribution >= 4 is 17.6 Å². The molecule has 2 fully saturated rings. The van der Waals surface area contributed by atoms with Crippen LogP contribution in [-0.4, -0.2) is 30.6 Å². The Balaban J connectivity index is 1.78. The molecule has 0 aromatic heterocycles. The van der Waals surface area contributed by atoms with E-state index >= 15 is 0 Å². The molecule has 0 saturated carbocycles. The number of urea groups is 1. The molecule has 21 heavy (non-hydrogen) atoms. The van der Waals surface area contributed by atoms with E-state index in [4.69, 9.17) is 0 Å². The quantitative estimate of drug-likeness (QED) is 0.818. The van der Waals surface area contributed by atoms with Crippen LogP contribution in [0.15, 0.2) is 24.3 Å². The van der Waals surface area contributed by atoms with Gasteiger partial charge in [-0.1, -0.05) is 32.0 Å². The third-order valence-corrected chi connectivity index (χ3v) is 4.53. The smallest absolute Gasteiger partial charge is 0.322 e. The second-order valence-electron chi connectivity index (χ2n) is 6.19. The number of imide groups is 1. The molecule has 0 radical (unpaired) electrons. The van der Waals surface area contributed by atoms with Gasteiger partial charge in [-0.3, -0.25) is 10.1 Å². The molecule has 2 heterocycles. The molecule has 2 aliphatic rings. The lowest BCUT2D eigenvalue weighted by molar-refractivity contribution is -0.124. The maximum absolute atomic E-state index is 12.0. The van der Waals surface area contributed by atoms with Gasteiger partial charge < -0.3 is 10.2 Å². The molecule has 5 heteroatoms. The number of carbonyl (C=O) groups excluding carboxylic acids is 2. The average molecular weight is 287 g/mol. The molecule has 0 aliphatic carbocycles. The number of amides is 3. The summed E-state index contributed by atoms with van der Waals surface area (Å²) in [5.41, 5.74) is 1.88. The van der Waals surface area contributed by atoms with Crippen molar-refractivity contribution in [2.75, 3.05) is 18.0 Å². The maximum Gasteiger partial charge on any atom is 0.322 e. The van der Waals surface area contributed by atoms with Gasteiger partial charge in [0.25, 0.3) is 5.91 Å². The van der Waals surface area contributed by atoms with Crippen molar-refractivity contribution in [2.24, 2.45) is 0 Å². The zero-order chi connectivity index (χ0) is 15.0. The van der Waals surface area contributed by atoms with Crippen molar-refractivity contribution in [3.63, 3.8) is 0 Å². The number of piperidine rings is 1. The molecule has 112 valence electrons. The highest BCUT2D eigenvalue weighted by molar-refractivity contribution is 6.07. The number of hydrogen-bond acceptors (Lipinski definition) is 3. The monoisotopic (exact) mass is 287 g/mol. The summed E-state index contributed by atoms with van der Waals surface area (Å²) in [6.07, 6.45) is 1.30. The van der Waals surface area contributed by atoms with Crippen LogP contribution in [0.4, 0.5) is 10.5 Å². The molecule has 1 aromatic rings. The Labute approximate surface area is 124 Å². The molecule has 5 nitrogen and oxygen atoms in total. The fraction of sp³-hybridized carbons (Fsp3) is 0.500. The van der Waals surface area contributed by atoms with Gasteiger partial charge in [-0.25, -0.2) is 4.79 Å². The van der Waals surface area contributed by atoms with E-state index in [-0.39, 0.29) is 11.9 Å². The SMILES string of the molecule is CC(C)c1ccccc1N1CCC2(CC1)NC(=O)NC2=O. The molecular formula is C16H21N3O2. The summed E-state index contributed by atoms with van der Waals surface area (Å²) >= 11 is 0. The van der Waals surface area contributed by atoms with Crippen LogP contribution < -0.4 is 15.5 Å². The largest absolute Gasteiger partial charge is 0.371 e. The van der Waals surface area contributed by atoms with Gasteiger partial charge in [0, 0.05) is 18.8 Å². The van der Waals surface area contributed by atoms with Crippen molar-refractivity contribution in [1.29, 1.82) is 0 Å². The van der Waals surface area contributed by atoms with Crippen molar-refractivity contribution in [2.45, 2.75) is 38.1 Å². The van der Waals surface area contributed by atoms with Gasteiger partial charge >= 0.3 is 6.03 Å². The minimum absolute atomic E-state index is 0.177. The summed E-state index contributed by atoms with van der Waals surface area (Å²) in [5.74, 6) is 0.288. The Bertz CT molecular complexity index is 575. The summed E-state index contributed by atoms with van der Waals surface area (Å²) in [6.45, 7) is 5.93. The summed E-state index contributed by atoms with van der Waals surface area (Å²) < 4.78 is 0. The van der Waals surface area contributed by atoms with Crippen LogP contribution in [0.5, 0.6) is 0 Å². The molecule has 2 N–H and O–H groups in total. The number of nitrogens with zero attached hydrogens (tertiary/aromatic N) is 1. The Hall–Kier alpha value is -2.04. The summed E-state index contributed by atoms with van der Waals surface area (Å²) in [5, 5.41) is 5.16. The van der Waals surface area contributed by atoms with Gasteiger partial charge in [-0.2, -0.15) is 0 Å². The molecule has 2 aliphatic heterocycles. The van der Waals surface area contributed by atoms with Gasteiger partial charge in [0.1, 0.15) is 5.54 Å². The summed E-state index contributed by atoms with van der Waals surface area (Å²) in [6, 6.07) is 8.05. The molecule has 1 spiro atoms. The van der Waals surface area contributed by atoms with E-state index in [1.54, 1.807) is 0 Å². The first-order chi connectivity index (χ1) is 10.0. The number of nitrogens with one attached hydrogen (secondary N) is 2. The van der Waals surface area contributed by atoms with Crippen molar-refractivity contribution in [3.05, 3.63) is 29.8 Å². The number of anilines is 1. The van der Waals surface area contributed by atoms with E-state index in [1.807, 2.05) is 0 Å². The number of hydrogen-bond donors (Lipinski definition) is 2. The Morgan fingerprint density at radius 1 is 1.14 bits per heavy atom. The molecular weight excluding hydrogens is 266 g/mol. The van der Waals surface area contributed by atoms with Crippen molar-refractivity contribution in [1.82, 2.24) is 10.6 Å². The Kier molecular flexibility index (Phi) is 3.35. The van der Waals surface area contributed by atoms with E-state index in [0.717, 1.165) is 13.1 Å². The van der Waals surface area contributed by atoms with Crippen molar-refractivity contribution < 1.29 is 9.59 Å². The first kappa shape index (κ1) is 13.9. The first-order valence-electron chi connectivity index (χ1n) is 7.49. The fourth-order valence-electron chi connectivity index (χ4n) is 3.27. The summed E-state index contributed by atoms with van der Waals surface area (Å²) in [7, 11) is 0.